The Labute approximate surface area is 157 Å². The molecule has 0 fully saturated rings. The first-order valence-corrected chi connectivity index (χ1v) is 8.31. The van der Waals surface area contributed by atoms with Gasteiger partial charge in [-0.1, -0.05) is 16.8 Å². The van der Waals surface area contributed by atoms with Gasteiger partial charge in [0.15, 0.2) is 11.5 Å². The van der Waals surface area contributed by atoms with Gasteiger partial charge in [0.2, 0.25) is 5.91 Å². The molecule has 3 aromatic heterocycles. The molecular formula is C17H13ClN6O3. The number of aryl methyl sites for hydroxylation is 1. The predicted molar refractivity (Wildman–Crippen MR) is 98.0 cm³/mol. The molecule has 4 rings (SSSR count). The number of carbonyl (C=O) groups excluding carboxylic acids is 1. The maximum atomic E-state index is 12.7. The number of aromatic nitrogens is 5. The zero-order valence-electron chi connectivity index (χ0n) is 14.1. The molecular weight excluding hydrogens is 372 g/mol. The SMILES string of the molecule is Cc1cc(NC(=O)Cn2cnc3c(cnn3-c3ccc(Cl)cc3)c2=O)no1. The molecule has 0 radical (unpaired) electrons. The molecule has 27 heavy (non-hydrogen) atoms. The minimum absolute atomic E-state index is 0.209. The molecule has 9 nitrogen and oxygen atoms in total. The highest BCUT2D eigenvalue weighted by Crippen LogP contribution is 2.16. The minimum Gasteiger partial charge on any atom is -0.360 e. The third-order valence-corrected chi connectivity index (χ3v) is 4.09. The van der Waals surface area contributed by atoms with E-state index in [0.29, 0.717) is 21.8 Å². The molecule has 3 heterocycles. The van der Waals surface area contributed by atoms with Crippen LogP contribution < -0.4 is 10.9 Å². The van der Waals surface area contributed by atoms with Crippen molar-refractivity contribution in [3.8, 4) is 5.69 Å². The lowest BCUT2D eigenvalue weighted by Crippen LogP contribution is -2.27. The highest BCUT2D eigenvalue weighted by atomic mass is 35.5. The highest BCUT2D eigenvalue weighted by Gasteiger charge is 2.14. The number of benzene rings is 1. The van der Waals surface area contributed by atoms with Gasteiger partial charge < -0.3 is 9.84 Å². The Kier molecular flexibility index (Phi) is 4.21. The van der Waals surface area contributed by atoms with Gasteiger partial charge >= 0.3 is 0 Å². The maximum absolute atomic E-state index is 12.7. The van der Waals surface area contributed by atoms with Gasteiger partial charge in [0.1, 0.15) is 24.0 Å². The molecule has 0 aliphatic heterocycles. The first kappa shape index (κ1) is 17.0. The van der Waals surface area contributed by atoms with Crippen LogP contribution >= 0.6 is 11.6 Å². The van der Waals surface area contributed by atoms with E-state index in [-0.39, 0.29) is 17.9 Å². The molecule has 1 amide bonds. The summed E-state index contributed by atoms with van der Waals surface area (Å²) in [5.74, 6) is 0.437. The minimum atomic E-state index is -0.420. The van der Waals surface area contributed by atoms with Gasteiger partial charge in [-0.2, -0.15) is 5.10 Å². The van der Waals surface area contributed by atoms with E-state index < -0.39 is 5.91 Å². The quantitative estimate of drug-likeness (QED) is 0.577. The number of hydrogen-bond donors (Lipinski definition) is 1. The lowest BCUT2D eigenvalue weighted by molar-refractivity contribution is -0.116. The number of halogens is 1. The van der Waals surface area contributed by atoms with Gasteiger partial charge in [-0.05, 0) is 31.2 Å². The fraction of sp³-hybridized carbons (Fsp3) is 0.118. The second-order valence-electron chi connectivity index (χ2n) is 5.82. The summed E-state index contributed by atoms with van der Waals surface area (Å²) in [6.45, 7) is 1.50. The normalized spacial score (nSPS) is 11.0. The summed E-state index contributed by atoms with van der Waals surface area (Å²) >= 11 is 5.90. The topological polar surface area (TPSA) is 108 Å². The molecule has 10 heteroatoms. The summed E-state index contributed by atoms with van der Waals surface area (Å²) < 4.78 is 7.63. The van der Waals surface area contributed by atoms with Gasteiger partial charge in [-0.25, -0.2) is 9.67 Å². The van der Waals surface area contributed by atoms with Crippen molar-refractivity contribution >= 4 is 34.4 Å². The van der Waals surface area contributed by atoms with Crippen LogP contribution in [0.2, 0.25) is 5.02 Å². The zero-order valence-corrected chi connectivity index (χ0v) is 14.8. The highest BCUT2D eigenvalue weighted by molar-refractivity contribution is 6.30. The van der Waals surface area contributed by atoms with E-state index in [2.05, 4.69) is 20.6 Å². The summed E-state index contributed by atoms with van der Waals surface area (Å²) in [7, 11) is 0. The fourth-order valence-corrected chi connectivity index (χ4v) is 2.72. The second-order valence-corrected chi connectivity index (χ2v) is 6.26. The summed E-state index contributed by atoms with van der Waals surface area (Å²) in [6.07, 6.45) is 2.74. The van der Waals surface area contributed by atoms with Gasteiger partial charge in [0.05, 0.1) is 11.9 Å². The Morgan fingerprint density at radius 3 is 2.78 bits per heavy atom. The molecule has 0 atom stereocenters. The maximum Gasteiger partial charge on any atom is 0.264 e. The van der Waals surface area contributed by atoms with Crippen LogP contribution in [0.1, 0.15) is 5.76 Å². The monoisotopic (exact) mass is 384 g/mol. The summed E-state index contributed by atoms with van der Waals surface area (Å²) in [5, 5.41) is 11.4. The van der Waals surface area contributed by atoms with E-state index in [0.717, 1.165) is 5.69 Å². The first-order valence-electron chi connectivity index (χ1n) is 7.93. The summed E-state index contributed by atoms with van der Waals surface area (Å²) in [4.78, 5) is 29.1. The van der Waals surface area contributed by atoms with E-state index in [1.807, 2.05) is 0 Å². The Balaban J connectivity index is 1.62. The van der Waals surface area contributed by atoms with Crippen molar-refractivity contribution in [2.45, 2.75) is 13.5 Å². The Morgan fingerprint density at radius 1 is 1.30 bits per heavy atom. The molecule has 0 unspecified atom stereocenters. The number of anilines is 1. The third kappa shape index (κ3) is 3.32. The third-order valence-electron chi connectivity index (χ3n) is 3.84. The van der Waals surface area contributed by atoms with E-state index in [4.69, 9.17) is 16.1 Å². The molecule has 4 aromatic rings. The van der Waals surface area contributed by atoms with Crippen LogP contribution in [0.25, 0.3) is 16.7 Å². The van der Waals surface area contributed by atoms with E-state index in [1.165, 1.54) is 21.8 Å². The molecule has 0 spiro atoms. The van der Waals surface area contributed by atoms with E-state index in [1.54, 1.807) is 37.3 Å². The number of rotatable bonds is 4. The van der Waals surface area contributed by atoms with Gasteiger partial charge in [0, 0.05) is 11.1 Å². The Morgan fingerprint density at radius 2 is 2.07 bits per heavy atom. The second kappa shape index (κ2) is 6.69. The molecule has 0 aliphatic carbocycles. The van der Waals surface area contributed by atoms with Gasteiger partial charge in [0.25, 0.3) is 5.56 Å². The molecule has 1 aromatic carbocycles. The van der Waals surface area contributed by atoms with E-state index in [9.17, 15) is 9.59 Å². The number of nitrogens with one attached hydrogen (secondary N) is 1. The lowest BCUT2D eigenvalue weighted by Gasteiger charge is -2.06. The summed E-state index contributed by atoms with van der Waals surface area (Å²) in [6, 6.07) is 8.58. The number of hydrogen-bond acceptors (Lipinski definition) is 6. The van der Waals surface area contributed by atoms with Crippen molar-refractivity contribution in [2.24, 2.45) is 0 Å². The fourth-order valence-electron chi connectivity index (χ4n) is 2.59. The number of carbonyl (C=O) groups is 1. The summed E-state index contributed by atoms with van der Waals surface area (Å²) in [5.41, 5.74) is 0.746. The van der Waals surface area contributed by atoms with Crippen LogP contribution in [0.4, 0.5) is 5.82 Å². The van der Waals surface area contributed by atoms with Crippen molar-refractivity contribution < 1.29 is 9.32 Å². The molecule has 136 valence electrons. The number of fused-ring (bicyclic) bond motifs is 1. The average Bonchev–Trinajstić information content (AvgIpc) is 3.25. The van der Waals surface area contributed by atoms with Crippen molar-refractivity contribution in [3.63, 3.8) is 0 Å². The van der Waals surface area contributed by atoms with Crippen LogP contribution in [0.5, 0.6) is 0 Å². The Hall–Kier alpha value is -3.46. The standard InChI is InChI=1S/C17H13ClN6O3/c1-10-6-14(22-27-10)21-15(25)8-23-9-19-16-13(17(23)26)7-20-24(16)12-4-2-11(18)3-5-12/h2-7,9H,8H2,1H3,(H,21,22,25). The Bertz CT molecular complexity index is 1190. The van der Waals surface area contributed by atoms with Crippen molar-refractivity contribution in [1.82, 2.24) is 24.5 Å². The number of amides is 1. The van der Waals surface area contributed by atoms with Crippen molar-refractivity contribution in [1.29, 1.82) is 0 Å². The first-order chi connectivity index (χ1) is 13.0. The predicted octanol–water partition coefficient (Wildman–Crippen LogP) is 2.17. The van der Waals surface area contributed by atoms with Gasteiger partial charge in [-0.3, -0.25) is 14.2 Å². The molecule has 0 saturated heterocycles. The van der Waals surface area contributed by atoms with Crippen LogP contribution in [-0.2, 0) is 11.3 Å². The lowest BCUT2D eigenvalue weighted by atomic mass is 10.3. The van der Waals surface area contributed by atoms with Crippen LogP contribution in [0.15, 0.2) is 52.2 Å². The van der Waals surface area contributed by atoms with Crippen LogP contribution in [-0.4, -0.2) is 30.4 Å². The van der Waals surface area contributed by atoms with Gasteiger partial charge in [-0.15, -0.1) is 0 Å². The molecule has 1 N–H and O–H groups in total. The largest absolute Gasteiger partial charge is 0.360 e. The zero-order chi connectivity index (χ0) is 19.0. The van der Waals surface area contributed by atoms with Crippen LogP contribution in [0, 0.1) is 6.92 Å². The average molecular weight is 385 g/mol. The molecule has 0 saturated carbocycles. The van der Waals surface area contributed by atoms with E-state index >= 15 is 0 Å². The van der Waals surface area contributed by atoms with Crippen LogP contribution in [0.3, 0.4) is 0 Å². The molecule has 0 aliphatic rings. The molecule has 0 bridgehead atoms. The van der Waals surface area contributed by atoms with Crippen molar-refractivity contribution in [2.75, 3.05) is 5.32 Å². The number of nitrogens with zero attached hydrogens (tertiary/aromatic N) is 5. The van der Waals surface area contributed by atoms with Crippen molar-refractivity contribution in [3.05, 3.63) is 64.0 Å². The smallest absolute Gasteiger partial charge is 0.264 e.